The van der Waals surface area contributed by atoms with Crippen molar-refractivity contribution in [2.24, 2.45) is 11.8 Å². The van der Waals surface area contributed by atoms with Crippen molar-refractivity contribution >= 4 is 0 Å². The average Bonchev–Trinajstić information content (AvgIpc) is 3.17. The number of rotatable bonds is 6. The number of benzene rings is 1. The number of methoxy groups -OCH3 is 1. The van der Waals surface area contributed by atoms with E-state index in [2.05, 4.69) is 12.1 Å². The standard InChI is InChI=1S/C19H22N2O2/c1-22-17-5-4-15(14(6-8-20)7-9-21)12-19(17)23-18-11-13-2-3-16(18)10-13/h4-5,12-14,16,18H,2-3,6-7,10-11H2,1H3/t13-,16+,18-/m1/s1. The third kappa shape index (κ3) is 3.27. The topological polar surface area (TPSA) is 66.0 Å². The highest BCUT2D eigenvalue weighted by atomic mass is 16.5. The molecule has 0 spiro atoms. The Hall–Kier alpha value is -2.20. The van der Waals surface area contributed by atoms with E-state index < -0.39 is 0 Å². The summed E-state index contributed by atoms with van der Waals surface area (Å²) in [4.78, 5) is 0. The number of hydrogen-bond acceptors (Lipinski definition) is 4. The van der Waals surface area contributed by atoms with Crippen LogP contribution in [0.4, 0.5) is 0 Å². The number of ether oxygens (including phenoxy) is 2. The fourth-order valence-electron chi connectivity index (χ4n) is 4.06. The van der Waals surface area contributed by atoms with Crippen molar-refractivity contribution in [1.29, 1.82) is 10.5 Å². The molecular formula is C19H22N2O2. The van der Waals surface area contributed by atoms with Crippen LogP contribution in [0, 0.1) is 34.5 Å². The Bertz CT molecular complexity index is 628. The molecule has 2 fully saturated rings. The molecule has 2 aliphatic rings. The highest BCUT2D eigenvalue weighted by Crippen LogP contribution is 2.47. The van der Waals surface area contributed by atoms with E-state index in [4.69, 9.17) is 20.0 Å². The zero-order chi connectivity index (χ0) is 16.2. The van der Waals surface area contributed by atoms with Crippen molar-refractivity contribution < 1.29 is 9.47 Å². The minimum absolute atomic E-state index is 0.0710. The van der Waals surface area contributed by atoms with E-state index in [1.807, 2.05) is 18.2 Å². The van der Waals surface area contributed by atoms with Gasteiger partial charge in [0.2, 0.25) is 0 Å². The van der Waals surface area contributed by atoms with Gasteiger partial charge < -0.3 is 9.47 Å². The van der Waals surface area contributed by atoms with E-state index in [-0.39, 0.29) is 12.0 Å². The fraction of sp³-hybridized carbons (Fsp3) is 0.579. The van der Waals surface area contributed by atoms with Crippen molar-refractivity contribution in [2.45, 2.75) is 50.5 Å². The Kier molecular flexibility index (Phi) is 4.72. The first kappa shape index (κ1) is 15.7. The van der Waals surface area contributed by atoms with Crippen molar-refractivity contribution in [3.8, 4) is 23.6 Å². The van der Waals surface area contributed by atoms with Crippen molar-refractivity contribution in [3.63, 3.8) is 0 Å². The zero-order valence-electron chi connectivity index (χ0n) is 13.5. The molecular weight excluding hydrogens is 288 g/mol. The quantitative estimate of drug-likeness (QED) is 0.790. The zero-order valence-corrected chi connectivity index (χ0v) is 13.5. The van der Waals surface area contributed by atoms with Gasteiger partial charge in [0, 0.05) is 18.8 Å². The molecule has 4 nitrogen and oxygen atoms in total. The molecule has 3 atom stereocenters. The summed E-state index contributed by atoms with van der Waals surface area (Å²) in [5.74, 6) is 2.90. The number of hydrogen-bond donors (Lipinski definition) is 0. The van der Waals surface area contributed by atoms with Crippen LogP contribution in [0.15, 0.2) is 18.2 Å². The molecule has 0 saturated heterocycles. The summed E-state index contributed by atoms with van der Waals surface area (Å²) >= 11 is 0. The Morgan fingerprint density at radius 3 is 2.48 bits per heavy atom. The molecule has 23 heavy (non-hydrogen) atoms. The molecule has 1 aromatic carbocycles. The summed E-state index contributed by atoms with van der Waals surface area (Å²) in [5.41, 5.74) is 0.979. The molecule has 0 aliphatic heterocycles. The lowest BCUT2D eigenvalue weighted by Gasteiger charge is -2.25. The molecule has 120 valence electrons. The van der Waals surface area contributed by atoms with Crippen LogP contribution in [0.3, 0.4) is 0 Å². The first-order chi connectivity index (χ1) is 11.2. The molecule has 2 aliphatic carbocycles. The van der Waals surface area contributed by atoms with Crippen LogP contribution in [0.25, 0.3) is 0 Å². The van der Waals surface area contributed by atoms with Gasteiger partial charge in [-0.25, -0.2) is 0 Å². The largest absolute Gasteiger partial charge is 0.493 e. The summed E-state index contributed by atoms with van der Waals surface area (Å²) < 4.78 is 11.7. The summed E-state index contributed by atoms with van der Waals surface area (Å²) in [6.07, 6.45) is 6.00. The van der Waals surface area contributed by atoms with E-state index in [1.54, 1.807) is 7.11 Å². The lowest BCUT2D eigenvalue weighted by Crippen LogP contribution is -2.23. The second-order valence-corrected chi connectivity index (χ2v) is 6.66. The Morgan fingerprint density at radius 1 is 1.13 bits per heavy atom. The van der Waals surface area contributed by atoms with Gasteiger partial charge in [0.1, 0.15) is 6.10 Å². The van der Waals surface area contributed by atoms with Crippen LogP contribution in [0.2, 0.25) is 0 Å². The number of nitrogens with zero attached hydrogens (tertiary/aromatic N) is 2. The average molecular weight is 310 g/mol. The monoisotopic (exact) mass is 310 g/mol. The minimum atomic E-state index is -0.0710. The first-order valence-corrected chi connectivity index (χ1v) is 8.33. The summed E-state index contributed by atoms with van der Waals surface area (Å²) in [6.45, 7) is 0. The van der Waals surface area contributed by atoms with Crippen LogP contribution in [0.1, 0.15) is 50.0 Å². The fourth-order valence-corrected chi connectivity index (χ4v) is 4.06. The first-order valence-electron chi connectivity index (χ1n) is 8.33. The van der Waals surface area contributed by atoms with E-state index in [0.29, 0.717) is 18.8 Å². The van der Waals surface area contributed by atoms with E-state index in [0.717, 1.165) is 29.4 Å². The molecule has 0 aromatic heterocycles. The van der Waals surface area contributed by atoms with Gasteiger partial charge in [-0.05, 0) is 55.2 Å². The summed E-state index contributed by atoms with van der Waals surface area (Å²) in [7, 11) is 1.64. The van der Waals surface area contributed by atoms with Gasteiger partial charge >= 0.3 is 0 Å². The van der Waals surface area contributed by atoms with E-state index >= 15 is 0 Å². The third-order valence-corrected chi connectivity index (χ3v) is 5.29. The smallest absolute Gasteiger partial charge is 0.161 e. The molecule has 0 unspecified atom stereocenters. The number of fused-ring (bicyclic) bond motifs is 2. The van der Waals surface area contributed by atoms with Crippen molar-refractivity contribution in [2.75, 3.05) is 7.11 Å². The van der Waals surface area contributed by atoms with Gasteiger partial charge in [-0.1, -0.05) is 6.07 Å². The lowest BCUT2D eigenvalue weighted by molar-refractivity contribution is 0.133. The predicted octanol–water partition coefficient (Wildman–Crippen LogP) is 4.17. The Balaban J connectivity index is 1.81. The maximum absolute atomic E-state index is 8.98. The molecule has 3 rings (SSSR count). The van der Waals surface area contributed by atoms with Crippen LogP contribution < -0.4 is 9.47 Å². The molecule has 2 saturated carbocycles. The minimum Gasteiger partial charge on any atom is -0.493 e. The van der Waals surface area contributed by atoms with Gasteiger partial charge in [0.05, 0.1) is 19.2 Å². The second-order valence-electron chi connectivity index (χ2n) is 6.66. The normalized spacial score (nSPS) is 25.1. The lowest BCUT2D eigenvalue weighted by atomic mass is 9.93. The Morgan fingerprint density at radius 2 is 1.91 bits per heavy atom. The third-order valence-electron chi connectivity index (χ3n) is 5.29. The van der Waals surface area contributed by atoms with Crippen LogP contribution in [-0.4, -0.2) is 13.2 Å². The molecule has 1 aromatic rings. The van der Waals surface area contributed by atoms with Gasteiger partial charge in [0.25, 0.3) is 0 Å². The molecule has 0 radical (unpaired) electrons. The highest BCUT2D eigenvalue weighted by molar-refractivity contribution is 5.44. The summed E-state index contributed by atoms with van der Waals surface area (Å²) in [6, 6.07) is 10.1. The molecule has 2 bridgehead atoms. The van der Waals surface area contributed by atoms with Gasteiger partial charge in [-0.2, -0.15) is 10.5 Å². The summed E-state index contributed by atoms with van der Waals surface area (Å²) in [5, 5.41) is 18.0. The van der Waals surface area contributed by atoms with Crippen molar-refractivity contribution in [1.82, 2.24) is 0 Å². The maximum atomic E-state index is 8.98. The molecule has 4 heteroatoms. The van der Waals surface area contributed by atoms with Gasteiger partial charge in [-0.3, -0.25) is 0 Å². The molecule has 0 amide bonds. The van der Waals surface area contributed by atoms with Crippen LogP contribution >= 0.6 is 0 Å². The van der Waals surface area contributed by atoms with E-state index in [1.165, 1.54) is 19.3 Å². The molecule has 0 heterocycles. The van der Waals surface area contributed by atoms with Crippen LogP contribution in [-0.2, 0) is 0 Å². The highest BCUT2D eigenvalue weighted by Gasteiger charge is 2.41. The Labute approximate surface area is 137 Å². The SMILES string of the molecule is COc1ccc(C(CC#N)CC#N)cc1O[C@@H]1C[C@@H]2CC[C@H]1C2. The maximum Gasteiger partial charge on any atom is 0.161 e. The number of nitriles is 2. The predicted molar refractivity (Wildman–Crippen MR) is 86.1 cm³/mol. The van der Waals surface area contributed by atoms with Crippen LogP contribution in [0.5, 0.6) is 11.5 Å². The molecule has 0 N–H and O–H groups in total. The second kappa shape index (κ2) is 6.92. The van der Waals surface area contributed by atoms with Crippen molar-refractivity contribution in [3.05, 3.63) is 23.8 Å². The van der Waals surface area contributed by atoms with Gasteiger partial charge in [-0.15, -0.1) is 0 Å². The van der Waals surface area contributed by atoms with E-state index in [9.17, 15) is 0 Å². The van der Waals surface area contributed by atoms with Gasteiger partial charge in [0.15, 0.2) is 11.5 Å².